The second kappa shape index (κ2) is 10.3. The Hall–Kier alpha value is -3.35. The predicted octanol–water partition coefficient (Wildman–Crippen LogP) is 4.12. The van der Waals surface area contributed by atoms with E-state index in [-0.39, 0.29) is 36.8 Å². The number of carboxylic acids is 1. The van der Waals surface area contributed by atoms with E-state index in [0.717, 1.165) is 0 Å². The number of hydrogen-bond donors (Lipinski definition) is 2. The highest BCUT2D eigenvalue weighted by Crippen LogP contribution is 2.44. The van der Waals surface area contributed by atoms with Crippen molar-refractivity contribution in [3.05, 3.63) is 59.7 Å². The van der Waals surface area contributed by atoms with Crippen LogP contribution in [0.4, 0.5) is 4.79 Å². The molecular weight excluding hydrogens is 432 g/mol. The first-order valence-corrected chi connectivity index (χ1v) is 11.9. The molecule has 4 rings (SSSR count). The lowest BCUT2D eigenvalue weighted by molar-refractivity contribution is -0.142. The summed E-state index contributed by atoms with van der Waals surface area (Å²) in [5.41, 5.74) is 4.72. The fourth-order valence-corrected chi connectivity index (χ4v) is 5.09. The van der Waals surface area contributed by atoms with Gasteiger partial charge in [0.25, 0.3) is 0 Å². The van der Waals surface area contributed by atoms with Crippen LogP contribution in [0.3, 0.4) is 0 Å². The fraction of sp³-hybridized carbons (Fsp3) is 0.444. The molecule has 7 heteroatoms. The Morgan fingerprint density at radius 3 is 2.26 bits per heavy atom. The molecule has 2 aliphatic rings. The van der Waals surface area contributed by atoms with E-state index < -0.39 is 18.0 Å². The van der Waals surface area contributed by atoms with Crippen LogP contribution in [0, 0.1) is 17.8 Å². The van der Waals surface area contributed by atoms with Gasteiger partial charge in [0.15, 0.2) is 0 Å². The van der Waals surface area contributed by atoms with E-state index in [0.29, 0.717) is 25.9 Å². The maximum atomic E-state index is 12.5. The maximum absolute atomic E-state index is 12.5. The second-order valence-corrected chi connectivity index (χ2v) is 9.57. The van der Waals surface area contributed by atoms with Gasteiger partial charge in [0, 0.05) is 32.0 Å². The first kappa shape index (κ1) is 23.8. The van der Waals surface area contributed by atoms with Crippen molar-refractivity contribution < 1.29 is 24.2 Å². The highest BCUT2D eigenvalue weighted by Gasteiger charge is 2.37. The number of rotatable bonds is 8. The van der Waals surface area contributed by atoms with Crippen LogP contribution in [0.2, 0.25) is 0 Å². The molecule has 0 saturated carbocycles. The molecule has 0 spiro atoms. The van der Waals surface area contributed by atoms with Crippen LogP contribution < -0.4 is 5.32 Å². The van der Waals surface area contributed by atoms with Crippen molar-refractivity contribution in [1.29, 1.82) is 0 Å². The number of benzene rings is 2. The van der Waals surface area contributed by atoms with Gasteiger partial charge < -0.3 is 20.1 Å². The third-order valence-electron chi connectivity index (χ3n) is 7.06. The molecule has 1 aliphatic heterocycles. The van der Waals surface area contributed by atoms with Crippen molar-refractivity contribution in [2.24, 2.45) is 17.8 Å². The van der Waals surface area contributed by atoms with Crippen LogP contribution in [-0.4, -0.2) is 54.2 Å². The van der Waals surface area contributed by atoms with Crippen LogP contribution in [0.5, 0.6) is 0 Å². The largest absolute Gasteiger partial charge is 0.481 e. The minimum Gasteiger partial charge on any atom is -0.481 e. The van der Waals surface area contributed by atoms with Gasteiger partial charge in [0.05, 0.1) is 5.92 Å². The number of ether oxygens (including phenoxy) is 1. The summed E-state index contributed by atoms with van der Waals surface area (Å²) in [7, 11) is 0. The van der Waals surface area contributed by atoms with Crippen molar-refractivity contribution >= 4 is 18.0 Å². The van der Waals surface area contributed by atoms with E-state index in [1.165, 1.54) is 22.3 Å². The van der Waals surface area contributed by atoms with Crippen molar-refractivity contribution in [2.45, 2.75) is 32.6 Å². The minimum atomic E-state index is -0.844. The van der Waals surface area contributed by atoms with Gasteiger partial charge in [-0.3, -0.25) is 9.59 Å². The number of carbonyl (C=O) groups is 3. The van der Waals surface area contributed by atoms with Gasteiger partial charge in [-0.15, -0.1) is 0 Å². The molecule has 3 atom stereocenters. The SMILES string of the molecule is CC(CCNC(=O)OCC1c2ccccc2-c2ccccc21)CC(=O)N1CC(C)C(C(=O)O)C1. The molecule has 7 nitrogen and oxygen atoms in total. The molecule has 2 aromatic carbocycles. The molecule has 2 amide bonds. The Morgan fingerprint density at radius 1 is 1.06 bits per heavy atom. The summed E-state index contributed by atoms with van der Waals surface area (Å²) in [6.45, 7) is 5.28. The Kier molecular flexibility index (Phi) is 7.20. The second-order valence-electron chi connectivity index (χ2n) is 9.57. The molecule has 0 aromatic heterocycles. The average molecular weight is 465 g/mol. The minimum absolute atomic E-state index is 0.0205. The highest BCUT2D eigenvalue weighted by molar-refractivity contribution is 5.80. The summed E-state index contributed by atoms with van der Waals surface area (Å²) in [5, 5.41) is 12.0. The van der Waals surface area contributed by atoms with Crippen LogP contribution >= 0.6 is 0 Å². The third kappa shape index (κ3) is 5.08. The third-order valence-corrected chi connectivity index (χ3v) is 7.06. The lowest BCUT2D eigenvalue weighted by atomic mass is 9.98. The molecule has 1 fully saturated rings. The van der Waals surface area contributed by atoms with E-state index >= 15 is 0 Å². The lowest BCUT2D eigenvalue weighted by Gasteiger charge is -2.19. The van der Waals surface area contributed by atoms with Gasteiger partial charge in [-0.1, -0.05) is 62.4 Å². The molecule has 0 bridgehead atoms. The molecule has 1 saturated heterocycles. The molecule has 1 aliphatic carbocycles. The number of nitrogens with one attached hydrogen (secondary N) is 1. The first-order valence-electron chi connectivity index (χ1n) is 11.9. The van der Waals surface area contributed by atoms with Crippen molar-refractivity contribution in [1.82, 2.24) is 10.2 Å². The zero-order valence-corrected chi connectivity index (χ0v) is 19.7. The topological polar surface area (TPSA) is 95.9 Å². The standard InChI is InChI=1S/C27H32N2O5/c1-17(13-25(30)29-14-18(2)23(15-29)26(31)32)11-12-28-27(33)34-16-24-21-9-5-3-7-19(21)20-8-4-6-10-22(20)24/h3-10,17-18,23-24H,11-16H2,1-2H3,(H,28,33)(H,31,32). The molecule has 180 valence electrons. The van der Waals surface area contributed by atoms with E-state index in [1.54, 1.807) is 4.90 Å². The van der Waals surface area contributed by atoms with E-state index in [2.05, 4.69) is 29.6 Å². The summed E-state index contributed by atoms with van der Waals surface area (Å²) < 4.78 is 5.55. The van der Waals surface area contributed by atoms with Gasteiger partial charge >= 0.3 is 12.1 Å². The molecule has 34 heavy (non-hydrogen) atoms. The maximum Gasteiger partial charge on any atom is 0.407 e. The first-order chi connectivity index (χ1) is 16.3. The molecule has 2 aromatic rings. The number of carboxylic acid groups (broad SMARTS) is 1. The molecule has 3 unspecified atom stereocenters. The number of carbonyl (C=O) groups excluding carboxylic acids is 2. The van der Waals surface area contributed by atoms with Gasteiger partial charge in [-0.05, 0) is 40.5 Å². The number of aliphatic carboxylic acids is 1. The van der Waals surface area contributed by atoms with Crippen LogP contribution in [-0.2, 0) is 14.3 Å². The Balaban J connectivity index is 1.20. The van der Waals surface area contributed by atoms with Crippen LogP contribution in [0.15, 0.2) is 48.5 Å². The zero-order chi connectivity index (χ0) is 24.2. The van der Waals surface area contributed by atoms with E-state index in [4.69, 9.17) is 4.74 Å². The number of fused-ring (bicyclic) bond motifs is 3. The number of amides is 2. The van der Waals surface area contributed by atoms with Gasteiger partial charge in [0.1, 0.15) is 6.61 Å². The van der Waals surface area contributed by atoms with Crippen molar-refractivity contribution in [3.8, 4) is 11.1 Å². The Morgan fingerprint density at radius 2 is 1.68 bits per heavy atom. The predicted molar refractivity (Wildman–Crippen MR) is 128 cm³/mol. The Bertz CT molecular complexity index is 1020. The monoisotopic (exact) mass is 464 g/mol. The van der Waals surface area contributed by atoms with Crippen LogP contribution in [0.1, 0.15) is 43.7 Å². The summed E-state index contributed by atoms with van der Waals surface area (Å²) in [6, 6.07) is 16.4. The van der Waals surface area contributed by atoms with E-state index in [1.807, 2.05) is 38.1 Å². The molecule has 2 N–H and O–H groups in total. The van der Waals surface area contributed by atoms with Gasteiger partial charge in [-0.25, -0.2) is 4.79 Å². The Labute approximate surface area is 200 Å². The van der Waals surface area contributed by atoms with Gasteiger partial charge in [0.2, 0.25) is 5.91 Å². The number of hydrogen-bond acceptors (Lipinski definition) is 4. The van der Waals surface area contributed by atoms with Crippen molar-refractivity contribution in [2.75, 3.05) is 26.2 Å². The molecule has 0 radical (unpaired) electrons. The summed E-state index contributed by atoms with van der Waals surface area (Å²) in [6.07, 6.45) is 0.519. The quantitative estimate of drug-likeness (QED) is 0.613. The van der Waals surface area contributed by atoms with Crippen LogP contribution in [0.25, 0.3) is 11.1 Å². The molecular formula is C27H32N2O5. The fourth-order valence-electron chi connectivity index (χ4n) is 5.09. The highest BCUT2D eigenvalue weighted by atomic mass is 16.5. The number of alkyl carbamates (subject to hydrolysis) is 1. The summed E-state index contributed by atoms with van der Waals surface area (Å²) in [5.74, 6) is -1.30. The normalized spacial score (nSPS) is 19.9. The summed E-state index contributed by atoms with van der Waals surface area (Å²) >= 11 is 0. The number of likely N-dealkylation sites (tertiary alicyclic amines) is 1. The molecule has 1 heterocycles. The van der Waals surface area contributed by atoms with Gasteiger partial charge in [-0.2, -0.15) is 0 Å². The van der Waals surface area contributed by atoms with Crippen molar-refractivity contribution in [3.63, 3.8) is 0 Å². The smallest absolute Gasteiger partial charge is 0.407 e. The zero-order valence-electron chi connectivity index (χ0n) is 19.7. The van der Waals surface area contributed by atoms with E-state index in [9.17, 15) is 19.5 Å². The average Bonchev–Trinajstić information content (AvgIpc) is 3.36. The lowest BCUT2D eigenvalue weighted by Crippen LogP contribution is -2.32. The summed E-state index contributed by atoms with van der Waals surface area (Å²) in [4.78, 5) is 37.8. The number of nitrogens with zero attached hydrogens (tertiary/aromatic N) is 1.